The maximum atomic E-state index is 12.2. The summed E-state index contributed by atoms with van der Waals surface area (Å²) < 4.78 is 41.9. The summed E-state index contributed by atoms with van der Waals surface area (Å²) >= 11 is 0. The van der Waals surface area contributed by atoms with Gasteiger partial charge in [-0.1, -0.05) is 0 Å². The van der Waals surface area contributed by atoms with Gasteiger partial charge in [0.25, 0.3) is 0 Å². The molecular weight excluding hydrogens is 255 g/mol. The number of hydrogen-bond donors (Lipinski definition) is 1. The molecule has 0 aliphatic carbocycles. The highest BCUT2D eigenvalue weighted by atomic mass is 19.4. The molecule has 5 nitrogen and oxygen atoms in total. The number of hydrogen-bond acceptors (Lipinski definition) is 3. The van der Waals surface area contributed by atoms with Crippen molar-refractivity contribution < 1.29 is 32.6 Å². The van der Waals surface area contributed by atoms with Crippen LogP contribution in [0.2, 0.25) is 0 Å². The Hall–Kier alpha value is -1.31. The molecule has 2 atom stereocenters. The molecule has 104 valence electrons. The minimum atomic E-state index is -5.07. The fourth-order valence-electron chi connectivity index (χ4n) is 1.69. The van der Waals surface area contributed by atoms with Gasteiger partial charge in [0.05, 0.1) is 12.1 Å². The first-order valence-electron chi connectivity index (χ1n) is 5.22. The first-order chi connectivity index (χ1) is 7.93. The van der Waals surface area contributed by atoms with E-state index >= 15 is 0 Å². The highest BCUT2D eigenvalue weighted by Gasteiger charge is 2.55. The minimum absolute atomic E-state index is 0.263. The maximum Gasteiger partial charge on any atom is 0.471 e. The van der Waals surface area contributed by atoms with Gasteiger partial charge in [-0.15, -0.1) is 0 Å². The summed E-state index contributed by atoms with van der Waals surface area (Å²) in [4.78, 5) is 22.1. The lowest BCUT2D eigenvalue weighted by atomic mass is 9.97. The van der Waals surface area contributed by atoms with Gasteiger partial charge in [0.1, 0.15) is 6.10 Å². The van der Waals surface area contributed by atoms with Crippen LogP contribution in [0.3, 0.4) is 0 Å². The van der Waals surface area contributed by atoms with Crippen LogP contribution in [0.5, 0.6) is 0 Å². The fraction of sp³-hybridized carbons (Fsp3) is 0.800. The SMILES string of the molecule is CC(C)(C)O[C@@H]1CN(C(=O)C(F)(F)F)[C@H]1C(=O)O. The lowest BCUT2D eigenvalue weighted by Crippen LogP contribution is -2.69. The molecule has 18 heavy (non-hydrogen) atoms. The van der Waals surface area contributed by atoms with Gasteiger partial charge in [-0.25, -0.2) is 4.79 Å². The molecule has 0 spiro atoms. The van der Waals surface area contributed by atoms with Crippen LogP contribution in [0.1, 0.15) is 20.8 Å². The number of alkyl halides is 3. The molecule has 0 unspecified atom stereocenters. The molecule has 0 radical (unpaired) electrons. The molecule has 0 aromatic rings. The number of likely N-dealkylation sites (tertiary alicyclic amines) is 1. The third-order valence-corrected chi connectivity index (χ3v) is 2.33. The number of carbonyl (C=O) groups excluding carboxylic acids is 1. The molecule has 1 amide bonds. The van der Waals surface area contributed by atoms with E-state index < -0.39 is 35.8 Å². The van der Waals surface area contributed by atoms with E-state index in [1.807, 2.05) is 0 Å². The molecule has 8 heteroatoms. The molecule has 1 N–H and O–H groups in total. The zero-order valence-electron chi connectivity index (χ0n) is 10.1. The van der Waals surface area contributed by atoms with Crippen LogP contribution in [0.25, 0.3) is 0 Å². The molecule has 1 aliphatic rings. The van der Waals surface area contributed by atoms with Gasteiger partial charge >= 0.3 is 18.1 Å². The second kappa shape index (κ2) is 4.42. The van der Waals surface area contributed by atoms with Gasteiger partial charge in [-0.2, -0.15) is 13.2 Å². The number of ether oxygens (including phenoxy) is 1. The Morgan fingerprint density at radius 3 is 2.11 bits per heavy atom. The summed E-state index contributed by atoms with van der Waals surface area (Å²) in [6.45, 7) is 4.59. The number of halogens is 3. The standard InChI is InChI=1S/C10H14F3NO4/c1-9(2,3)18-5-4-14(6(5)7(15)16)8(17)10(11,12)13/h5-6H,4H2,1-3H3,(H,15,16)/t5-,6-/m1/s1. The van der Waals surface area contributed by atoms with E-state index in [4.69, 9.17) is 9.84 Å². The first kappa shape index (κ1) is 14.7. The van der Waals surface area contributed by atoms with Crippen molar-refractivity contribution in [2.75, 3.05) is 6.54 Å². The minimum Gasteiger partial charge on any atom is -0.480 e. The molecule has 0 saturated carbocycles. The molecule has 1 saturated heterocycles. The first-order valence-corrected chi connectivity index (χ1v) is 5.22. The van der Waals surface area contributed by atoms with Crippen LogP contribution < -0.4 is 0 Å². The van der Waals surface area contributed by atoms with Crippen LogP contribution >= 0.6 is 0 Å². The van der Waals surface area contributed by atoms with Gasteiger partial charge in [0.15, 0.2) is 6.04 Å². The predicted octanol–water partition coefficient (Wildman–Crippen LogP) is 1.03. The third-order valence-electron chi connectivity index (χ3n) is 2.33. The largest absolute Gasteiger partial charge is 0.480 e. The number of carbonyl (C=O) groups is 2. The van der Waals surface area contributed by atoms with Crippen molar-refractivity contribution in [2.24, 2.45) is 0 Å². The zero-order valence-corrected chi connectivity index (χ0v) is 10.1. The van der Waals surface area contributed by atoms with E-state index in [-0.39, 0.29) is 11.4 Å². The summed E-state index contributed by atoms with van der Waals surface area (Å²) in [6.07, 6.45) is -5.99. The number of aliphatic carboxylic acids is 1. The number of rotatable bonds is 2. The Morgan fingerprint density at radius 2 is 1.78 bits per heavy atom. The normalized spacial score (nSPS) is 24.7. The Labute approximate surface area is 102 Å². The third kappa shape index (κ3) is 3.12. The lowest BCUT2D eigenvalue weighted by Gasteiger charge is -2.47. The van der Waals surface area contributed by atoms with E-state index in [0.29, 0.717) is 0 Å². The second-order valence-electron chi connectivity index (χ2n) is 5.01. The van der Waals surface area contributed by atoms with Crippen molar-refractivity contribution >= 4 is 11.9 Å². The molecule has 1 aliphatic heterocycles. The molecule has 1 heterocycles. The number of nitrogens with zero attached hydrogens (tertiary/aromatic N) is 1. The summed E-state index contributed by atoms with van der Waals surface area (Å²) in [5, 5.41) is 8.84. The Bertz CT molecular complexity index is 361. The zero-order chi connectivity index (χ0) is 14.3. The smallest absolute Gasteiger partial charge is 0.471 e. The van der Waals surface area contributed by atoms with Gasteiger partial charge in [-0.3, -0.25) is 4.79 Å². The van der Waals surface area contributed by atoms with Crippen molar-refractivity contribution in [3.05, 3.63) is 0 Å². The van der Waals surface area contributed by atoms with Gasteiger partial charge in [-0.05, 0) is 20.8 Å². The van der Waals surface area contributed by atoms with Crippen LogP contribution in [0.15, 0.2) is 0 Å². The van der Waals surface area contributed by atoms with Crippen LogP contribution in [-0.2, 0) is 14.3 Å². The maximum absolute atomic E-state index is 12.2. The molecule has 0 aromatic carbocycles. The molecule has 0 bridgehead atoms. The quantitative estimate of drug-likeness (QED) is 0.813. The average molecular weight is 269 g/mol. The van der Waals surface area contributed by atoms with E-state index in [9.17, 15) is 22.8 Å². The molecule has 0 aromatic heterocycles. The summed E-state index contributed by atoms with van der Waals surface area (Å²) in [5.41, 5.74) is -0.689. The van der Waals surface area contributed by atoms with Crippen LogP contribution in [0.4, 0.5) is 13.2 Å². The molecular formula is C10H14F3NO4. The highest BCUT2D eigenvalue weighted by Crippen LogP contribution is 2.30. The van der Waals surface area contributed by atoms with Crippen molar-refractivity contribution in [1.82, 2.24) is 4.90 Å². The van der Waals surface area contributed by atoms with E-state index in [2.05, 4.69) is 0 Å². The van der Waals surface area contributed by atoms with Gasteiger partial charge in [0, 0.05) is 0 Å². The average Bonchev–Trinajstić information content (AvgIpc) is 2.05. The van der Waals surface area contributed by atoms with E-state index in [1.165, 1.54) is 0 Å². The Kier molecular flexibility index (Phi) is 3.62. The number of amides is 1. The topological polar surface area (TPSA) is 66.8 Å². The van der Waals surface area contributed by atoms with Crippen LogP contribution in [-0.4, -0.2) is 52.4 Å². The number of carboxylic acids is 1. The van der Waals surface area contributed by atoms with Crippen molar-refractivity contribution in [3.8, 4) is 0 Å². The Balaban J connectivity index is 2.77. The van der Waals surface area contributed by atoms with Crippen LogP contribution in [0, 0.1) is 0 Å². The second-order valence-corrected chi connectivity index (χ2v) is 5.01. The fourth-order valence-corrected chi connectivity index (χ4v) is 1.69. The van der Waals surface area contributed by atoms with E-state index in [1.54, 1.807) is 20.8 Å². The Morgan fingerprint density at radius 1 is 1.28 bits per heavy atom. The van der Waals surface area contributed by atoms with Crippen molar-refractivity contribution in [2.45, 2.75) is 44.7 Å². The molecule has 1 rings (SSSR count). The summed E-state index contributed by atoms with van der Waals surface area (Å²) in [7, 11) is 0. The van der Waals surface area contributed by atoms with Crippen molar-refractivity contribution in [3.63, 3.8) is 0 Å². The van der Waals surface area contributed by atoms with E-state index in [0.717, 1.165) is 0 Å². The summed E-state index contributed by atoms with van der Waals surface area (Å²) in [6, 6.07) is -1.58. The lowest BCUT2D eigenvalue weighted by molar-refractivity contribution is -0.217. The predicted molar refractivity (Wildman–Crippen MR) is 53.8 cm³/mol. The number of carboxylic acid groups (broad SMARTS) is 1. The highest BCUT2D eigenvalue weighted by molar-refractivity contribution is 5.89. The van der Waals surface area contributed by atoms with Gasteiger partial charge < -0.3 is 14.7 Å². The molecule has 1 fully saturated rings. The summed E-state index contributed by atoms with van der Waals surface area (Å²) in [5.74, 6) is -3.66. The monoisotopic (exact) mass is 269 g/mol. The van der Waals surface area contributed by atoms with Crippen molar-refractivity contribution in [1.29, 1.82) is 0 Å². The van der Waals surface area contributed by atoms with Gasteiger partial charge in [0.2, 0.25) is 0 Å².